The molecule has 0 aliphatic carbocycles. The Balaban J connectivity index is 2.58. The Kier molecular flexibility index (Phi) is 1.16. The zero-order valence-corrected chi connectivity index (χ0v) is 5.65. The van der Waals surface area contributed by atoms with Gasteiger partial charge in [-0.3, -0.25) is 4.99 Å². The first kappa shape index (κ1) is 5.98. The van der Waals surface area contributed by atoms with Gasteiger partial charge in [0, 0.05) is 18.0 Å². The second-order valence-corrected chi connectivity index (χ2v) is 2.19. The summed E-state index contributed by atoms with van der Waals surface area (Å²) in [5.41, 5.74) is 1.76. The van der Waals surface area contributed by atoms with Gasteiger partial charge in [0.15, 0.2) is 0 Å². The molecule has 1 aromatic rings. The molecule has 0 atom stereocenters. The van der Waals surface area contributed by atoms with Gasteiger partial charge in [-0.05, 0) is 0 Å². The highest BCUT2D eigenvalue weighted by Gasteiger charge is 2.08. The van der Waals surface area contributed by atoms with Crippen LogP contribution in [-0.4, -0.2) is 16.2 Å². The van der Waals surface area contributed by atoms with Crippen LogP contribution >= 0.6 is 0 Å². The Morgan fingerprint density at radius 2 is 2.45 bits per heavy atom. The van der Waals surface area contributed by atoms with E-state index in [-0.39, 0.29) is 5.82 Å². The van der Waals surface area contributed by atoms with Crippen LogP contribution in [0.1, 0.15) is 17.1 Å². The van der Waals surface area contributed by atoms with Crippen LogP contribution in [0.3, 0.4) is 0 Å². The van der Waals surface area contributed by atoms with Gasteiger partial charge in [-0.25, -0.2) is 9.97 Å². The summed E-state index contributed by atoms with van der Waals surface area (Å²) in [6.45, 7) is 0.640. The fourth-order valence-corrected chi connectivity index (χ4v) is 0.938. The van der Waals surface area contributed by atoms with Gasteiger partial charge < -0.3 is 0 Å². The number of rotatable bonds is 0. The number of hydrogen-bond acceptors (Lipinski definition) is 4. The molecule has 11 heavy (non-hydrogen) atoms. The third kappa shape index (κ3) is 0.867. The van der Waals surface area contributed by atoms with E-state index in [4.69, 9.17) is 5.26 Å². The minimum Gasteiger partial charge on any atom is -0.286 e. The molecule has 0 aromatic carbocycles. The highest BCUT2D eigenvalue weighted by atomic mass is 14.9. The fraction of sp³-hybridized carbons (Fsp3) is 0.143. The van der Waals surface area contributed by atoms with Crippen molar-refractivity contribution in [2.45, 2.75) is 6.54 Å². The van der Waals surface area contributed by atoms with Crippen molar-refractivity contribution in [3.8, 4) is 6.07 Å². The van der Waals surface area contributed by atoms with Gasteiger partial charge in [-0.1, -0.05) is 0 Å². The number of fused-ring (bicyclic) bond motifs is 1. The zero-order valence-electron chi connectivity index (χ0n) is 5.65. The highest BCUT2D eigenvalue weighted by molar-refractivity contribution is 5.81. The molecule has 2 heterocycles. The molecule has 0 saturated heterocycles. The Morgan fingerprint density at radius 1 is 1.55 bits per heavy atom. The van der Waals surface area contributed by atoms with Crippen LogP contribution in [0.15, 0.2) is 11.2 Å². The monoisotopic (exact) mass is 144 g/mol. The molecule has 0 radical (unpaired) electrons. The lowest BCUT2D eigenvalue weighted by Crippen LogP contribution is -1.95. The van der Waals surface area contributed by atoms with Crippen molar-refractivity contribution < 1.29 is 0 Å². The van der Waals surface area contributed by atoms with Gasteiger partial charge in [0.2, 0.25) is 5.82 Å². The fourth-order valence-electron chi connectivity index (χ4n) is 0.938. The van der Waals surface area contributed by atoms with E-state index in [1.54, 1.807) is 12.4 Å². The summed E-state index contributed by atoms with van der Waals surface area (Å²) in [5.74, 6) is 0.206. The molecular weight excluding hydrogens is 140 g/mol. The second kappa shape index (κ2) is 2.13. The van der Waals surface area contributed by atoms with Crippen molar-refractivity contribution in [1.29, 1.82) is 5.26 Å². The van der Waals surface area contributed by atoms with E-state index >= 15 is 0 Å². The molecule has 1 aromatic heterocycles. The molecule has 0 fully saturated rings. The van der Waals surface area contributed by atoms with Crippen molar-refractivity contribution in [3.05, 3.63) is 23.3 Å². The molecule has 0 spiro atoms. The minimum absolute atomic E-state index is 0.206. The number of nitrogens with zero attached hydrogens (tertiary/aromatic N) is 4. The summed E-state index contributed by atoms with van der Waals surface area (Å²) in [5, 5.41) is 8.45. The molecular formula is C7H4N4. The predicted molar refractivity (Wildman–Crippen MR) is 38.0 cm³/mol. The highest BCUT2D eigenvalue weighted by Crippen LogP contribution is 2.09. The first-order chi connectivity index (χ1) is 5.40. The summed E-state index contributed by atoms with van der Waals surface area (Å²) >= 11 is 0. The Labute approximate surface area is 63.2 Å². The number of aromatic nitrogens is 2. The van der Waals surface area contributed by atoms with Crippen LogP contribution < -0.4 is 0 Å². The maximum Gasteiger partial charge on any atom is 0.232 e. The lowest BCUT2D eigenvalue weighted by molar-refractivity contribution is 1.02. The normalized spacial score (nSPS) is 12.6. The number of nitriles is 1. The lowest BCUT2D eigenvalue weighted by Gasteiger charge is -1.92. The van der Waals surface area contributed by atoms with Crippen LogP contribution in [0.5, 0.6) is 0 Å². The van der Waals surface area contributed by atoms with Crippen LogP contribution in [0, 0.1) is 11.3 Å². The van der Waals surface area contributed by atoms with Gasteiger partial charge in [0.25, 0.3) is 0 Å². The average molecular weight is 144 g/mol. The number of hydrogen-bond donors (Lipinski definition) is 0. The topological polar surface area (TPSA) is 61.9 Å². The molecule has 0 amide bonds. The molecule has 2 rings (SSSR count). The predicted octanol–water partition coefficient (Wildman–Crippen LogP) is 0.281. The van der Waals surface area contributed by atoms with Gasteiger partial charge in [0.1, 0.15) is 6.07 Å². The lowest BCUT2D eigenvalue weighted by atomic mass is 10.3. The first-order valence-electron chi connectivity index (χ1n) is 3.16. The molecule has 1 aliphatic heterocycles. The maximum atomic E-state index is 8.45. The molecule has 4 heteroatoms. The molecule has 0 unspecified atom stereocenters. The summed E-state index contributed by atoms with van der Waals surface area (Å²) < 4.78 is 0. The van der Waals surface area contributed by atoms with Crippen molar-refractivity contribution in [3.63, 3.8) is 0 Å². The van der Waals surface area contributed by atoms with Crippen molar-refractivity contribution >= 4 is 6.21 Å². The van der Waals surface area contributed by atoms with Crippen LogP contribution in [0.25, 0.3) is 0 Å². The minimum atomic E-state index is 0.206. The summed E-state index contributed by atoms with van der Waals surface area (Å²) in [6.07, 6.45) is 3.31. The second-order valence-electron chi connectivity index (χ2n) is 2.19. The van der Waals surface area contributed by atoms with E-state index in [9.17, 15) is 0 Å². The van der Waals surface area contributed by atoms with E-state index in [1.807, 2.05) is 6.07 Å². The van der Waals surface area contributed by atoms with Gasteiger partial charge >= 0.3 is 0 Å². The van der Waals surface area contributed by atoms with E-state index in [0.717, 1.165) is 11.3 Å². The van der Waals surface area contributed by atoms with E-state index < -0.39 is 0 Å². The smallest absolute Gasteiger partial charge is 0.232 e. The molecule has 4 nitrogen and oxygen atoms in total. The average Bonchev–Trinajstić information content (AvgIpc) is 2.50. The summed E-state index contributed by atoms with van der Waals surface area (Å²) in [7, 11) is 0. The zero-order chi connectivity index (χ0) is 7.68. The Hall–Kier alpha value is -1.76. The van der Waals surface area contributed by atoms with Crippen LogP contribution in [0.4, 0.5) is 0 Å². The molecule has 0 N–H and O–H groups in total. The molecule has 0 bridgehead atoms. The third-order valence-electron chi connectivity index (χ3n) is 1.47. The molecule has 1 aliphatic rings. The van der Waals surface area contributed by atoms with E-state index in [1.165, 1.54) is 0 Å². The molecule has 52 valence electrons. The van der Waals surface area contributed by atoms with E-state index in [0.29, 0.717) is 6.54 Å². The largest absolute Gasteiger partial charge is 0.286 e. The summed E-state index contributed by atoms with van der Waals surface area (Å²) in [4.78, 5) is 11.8. The first-order valence-corrected chi connectivity index (χ1v) is 3.16. The van der Waals surface area contributed by atoms with Gasteiger partial charge in [0.05, 0.1) is 12.2 Å². The third-order valence-corrected chi connectivity index (χ3v) is 1.47. The van der Waals surface area contributed by atoms with Gasteiger partial charge in [-0.2, -0.15) is 5.26 Å². The Bertz CT molecular complexity index is 361. The van der Waals surface area contributed by atoms with Crippen LogP contribution in [0.2, 0.25) is 0 Å². The Morgan fingerprint density at radius 3 is 3.27 bits per heavy atom. The van der Waals surface area contributed by atoms with Crippen molar-refractivity contribution in [2.75, 3.05) is 0 Å². The van der Waals surface area contributed by atoms with Crippen molar-refractivity contribution in [1.82, 2.24) is 9.97 Å². The summed E-state index contributed by atoms with van der Waals surface area (Å²) in [6, 6.07) is 1.87. The van der Waals surface area contributed by atoms with Crippen molar-refractivity contribution in [2.24, 2.45) is 4.99 Å². The number of aliphatic imine (C=N–C) groups is 1. The molecule has 0 saturated carbocycles. The van der Waals surface area contributed by atoms with Gasteiger partial charge in [-0.15, -0.1) is 0 Å². The standard InChI is InChI=1S/C7H4N4/c8-1-7-10-3-5-2-9-4-6(5)11-7/h3-4H,2H2. The van der Waals surface area contributed by atoms with Crippen LogP contribution in [-0.2, 0) is 6.54 Å². The maximum absolute atomic E-state index is 8.45. The quantitative estimate of drug-likeness (QED) is 0.525. The SMILES string of the molecule is N#Cc1ncc2c(n1)C=NC2. The van der Waals surface area contributed by atoms with E-state index in [2.05, 4.69) is 15.0 Å².